The predicted molar refractivity (Wildman–Crippen MR) is 85.1 cm³/mol. The molecule has 0 spiro atoms. The summed E-state index contributed by atoms with van der Waals surface area (Å²) < 4.78 is 33.0. The zero-order valence-corrected chi connectivity index (χ0v) is 11.2. The van der Waals surface area contributed by atoms with E-state index in [0.717, 1.165) is 10.6 Å². The van der Waals surface area contributed by atoms with Crippen molar-refractivity contribution >= 4 is 23.8 Å². The fraction of sp³-hybridized carbons (Fsp3) is 0. The average molecular weight is 266 g/mol. The van der Waals surface area contributed by atoms with Crippen LogP contribution < -0.4 is 15.9 Å². The van der Waals surface area contributed by atoms with E-state index in [2.05, 4.69) is 0 Å². The Bertz CT molecular complexity index is 782. The van der Waals surface area contributed by atoms with Gasteiger partial charge in [0.05, 0.1) is 5.48 Å². The second kappa shape index (κ2) is 5.82. The van der Waals surface area contributed by atoms with E-state index in [4.69, 9.17) is 5.48 Å². The zero-order valence-electron chi connectivity index (χ0n) is 14.3. The summed E-state index contributed by atoms with van der Waals surface area (Å²) >= 11 is 0. The van der Waals surface area contributed by atoms with Crippen LogP contribution in [0.25, 0.3) is 0 Å². The maximum atomic E-state index is 8.26. The molecule has 0 bridgehead atoms. The first-order valence-electron chi connectivity index (χ1n) is 8.07. The molecule has 0 fully saturated rings. The van der Waals surface area contributed by atoms with E-state index in [1.54, 1.807) is 42.5 Å². The standard InChI is InChI=1S/C18H15P/c1-4-10-16(11-5-1)19(17-12-6-2-7-13-17)18-14-8-3-9-15-18/h1-15H/i10D,11D,12D,14D. The van der Waals surface area contributed by atoms with E-state index in [0.29, 0.717) is 17.4 Å². The van der Waals surface area contributed by atoms with Crippen molar-refractivity contribution in [1.29, 1.82) is 0 Å². The first kappa shape index (κ1) is 8.30. The van der Waals surface area contributed by atoms with Crippen molar-refractivity contribution in [3.63, 3.8) is 0 Å². The third-order valence-corrected chi connectivity index (χ3v) is 4.95. The Morgan fingerprint density at radius 1 is 0.526 bits per heavy atom. The third-order valence-electron chi connectivity index (χ3n) is 2.72. The molecule has 0 nitrogen and oxygen atoms in total. The van der Waals surface area contributed by atoms with Crippen LogP contribution in [0, 0.1) is 0 Å². The number of rotatable bonds is 3. The van der Waals surface area contributed by atoms with E-state index in [9.17, 15) is 0 Å². The summed E-state index contributed by atoms with van der Waals surface area (Å²) in [6.07, 6.45) is 0. The van der Waals surface area contributed by atoms with Crippen LogP contribution >= 0.6 is 7.92 Å². The fourth-order valence-electron chi connectivity index (χ4n) is 1.89. The SMILES string of the molecule is [2H]c1ccccc1P(c1ccccc1[2H])c1c([2H])cccc1[2H]. The molecule has 0 aromatic heterocycles. The Labute approximate surface area is 121 Å². The molecule has 0 aliphatic carbocycles. The minimum atomic E-state index is -1.28. The van der Waals surface area contributed by atoms with E-state index >= 15 is 0 Å². The summed E-state index contributed by atoms with van der Waals surface area (Å²) in [5.74, 6) is 0. The lowest BCUT2D eigenvalue weighted by Crippen LogP contribution is -2.20. The number of benzene rings is 3. The van der Waals surface area contributed by atoms with E-state index in [1.807, 2.05) is 24.3 Å². The van der Waals surface area contributed by atoms with Crippen molar-refractivity contribution in [3.8, 4) is 0 Å². The van der Waals surface area contributed by atoms with E-state index in [1.165, 1.54) is 0 Å². The Kier molecular flexibility index (Phi) is 2.54. The molecular formula is C18H15P. The highest BCUT2D eigenvalue weighted by Gasteiger charge is 2.14. The van der Waals surface area contributed by atoms with Crippen molar-refractivity contribution in [1.82, 2.24) is 0 Å². The van der Waals surface area contributed by atoms with Crippen LogP contribution in [0.15, 0.2) is 90.9 Å². The first-order chi connectivity index (χ1) is 11.1. The molecule has 0 amide bonds. The van der Waals surface area contributed by atoms with Crippen molar-refractivity contribution in [2.45, 2.75) is 0 Å². The molecule has 3 aromatic carbocycles. The highest BCUT2D eigenvalue weighted by atomic mass is 31.1. The van der Waals surface area contributed by atoms with Gasteiger partial charge in [0.25, 0.3) is 0 Å². The van der Waals surface area contributed by atoms with Crippen molar-refractivity contribution < 1.29 is 5.48 Å². The van der Waals surface area contributed by atoms with Crippen molar-refractivity contribution in [2.24, 2.45) is 0 Å². The van der Waals surface area contributed by atoms with Gasteiger partial charge in [-0.3, -0.25) is 0 Å². The van der Waals surface area contributed by atoms with Gasteiger partial charge in [-0.2, -0.15) is 0 Å². The molecule has 3 rings (SSSR count). The summed E-state index contributed by atoms with van der Waals surface area (Å²) in [5.41, 5.74) is 0. The molecular weight excluding hydrogens is 247 g/mol. The van der Waals surface area contributed by atoms with Crippen molar-refractivity contribution in [3.05, 3.63) is 90.9 Å². The molecule has 0 unspecified atom stereocenters. The van der Waals surface area contributed by atoms with Crippen molar-refractivity contribution in [2.75, 3.05) is 0 Å². The number of hydrogen-bond acceptors (Lipinski definition) is 0. The van der Waals surface area contributed by atoms with Gasteiger partial charge in [0.15, 0.2) is 0 Å². The first-order valence-corrected chi connectivity index (χ1v) is 7.41. The second-order valence-electron chi connectivity index (χ2n) is 3.99. The van der Waals surface area contributed by atoms with Gasteiger partial charge in [-0.05, 0) is 23.8 Å². The van der Waals surface area contributed by atoms with Crippen LogP contribution in [0.4, 0.5) is 0 Å². The fourth-order valence-corrected chi connectivity index (χ4v) is 3.92. The molecule has 0 heterocycles. The molecule has 3 aromatic rings. The van der Waals surface area contributed by atoms with Gasteiger partial charge in [-0.15, -0.1) is 0 Å². The minimum Gasteiger partial charge on any atom is -0.0622 e. The highest BCUT2D eigenvalue weighted by molar-refractivity contribution is 7.79. The topological polar surface area (TPSA) is 0 Å². The van der Waals surface area contributed by atoms with Crippen LogP contribution in [0.2, 0.25) is 0 Å². The summed E-state index contributed by atoms with van der Waals surface area (Å²) in [6, 6.07) is 20.9. The zero-order chi connectivity index (χ0) is 16.4. The quantitative estimate of drug-likeness (QED) is 0.637. The Hall–Kier alpha value is -1.91. The Morgan fingerprint density at radius 2 is 0.947 bits per heavy atom. The molecule has 0 aliphatic rings. The largest absolute Gasteiger partial charge is 0.0630 e. The lowest BCUT2D eigenvalue weighted by atomic mass is 10.4. The van der Waals surface area contributed by atoms with Gasteiger partial charge in [0, 0.05) is 0 Å². The molecule has 0 saturated carbocycles. The van der Waals surface area contributed by atoms with Crippen LogP contribution in [0.5, 0.6) is 0 Å². The normalized spacial score (nSPS) is 13.5. The Morgan fingerprint density at radius 3 is 1.42 bits per heavy atom. The van der Waals surface area contributed by atoms with Gasteiger partial charge < -0.3 is 0 Å². The molecule has 19 heavy (non-hydrogen) atoms. The molecule has 92 valence electrons. The summed E-state index contributed by atoms with van der Waals surface area (Å²) in [5, 5.41) is 2.15. The lowest BCUT2D eigenvalue weighted by Gasteiger charge is -2.18. The van der Waals surface area contributed by atoms with E-state index in [-0.39, 0.29) is 12.1 Å². The van der Waals surface area contributed by atoms with Gasteiger partial charge in [0.1, 0.15) is 0 Å². The molecule has 0 radical (unpaired) electrons. The Balaban J connectivity index is 2.32. The second-order valence-corrected chi connectivity index (χ2v) is 6.08. The molecule has 0 aliphatic heterocycles. The van der Waals surface area contributed by atoms with E-state index < -0.39 is 7.92 Å². The van der Waals surface area contributed by atoms with Crippen LogP contribution in [-0.4, -0.2) is 0 Å². The monoisotopic (exact) mass is 266 g/mol. The van der Waals surface area contributed by atoms with Gasteiger partial charge >= 0.3 is 0 Å². The maximum Gasteiger partial charge on any atom is 0.0630 e. The van der Waals surface area contributed by atoms with Crippen LogP contribution in [0.3, 0.4) is 0 Å². The maximum absolute atomic E-state index is 8.26. The van der Waals surface area contributed by atoms with Crippen LogP contribution in [0.1, 0.15) is 5.48 Å². The molecule has 0 saturated heterocycles. The minimum absolute atomic E-state index is 0.287. The number of hydrogen-bond donors (Lipinski definition) is 0. The molecule has 0 atom stereocenters. The molecule has 1 heteroatoms. The van der Waals surface area contributed by atoms with Gasteiger partial charge in [-0.1, -0.05) is 90.9 Å². The lowest BCUT2D eigenvalue weighted by molar-refractivity contribution is 1.74. The predicted octanol–water partition coefficient (Wildman–Crippen LogP) is 3.44. The average Bonchev–Trinajstić information content (AvgIpc) is 2.53. The van der Waals surface area contributed by atoms with Gasteiger partial charge in [0.2, 0.25) is 0 Å². The third kappa shape index (κ3) is 2.75. The van der Waals surface area contributed by atoms with Gasteiger partial charge in [-0.25, -0.2) is 0 Å². The summed E-state index contributed by atoms with van der Waals surface area (Å²) in [7, 11) is -1.28. The molecule has 0 N–H and O–H groups in total. The summed E-state index contributed by atoms with van der Waals surface area (Å²) in [6.45, 7) is 0. The summed E-state index contributed by atoms with van der Waals surface area (Å²) in [4.78, 5) is 0. The van der Waals surface area contributed by atoms with Crippen LogP contribution in [-0.2, 0) is 0 Å². The highest BCUT2D eigenvalue weighted by Crippen LogP contribution is 2.32. The smallest absolute Gasteiger partial charge is 0.0622 e.